The summed E-state index contributed by atoms with van der Waals surface area (Å²) in [7, 11) is -1.45. The number of halogens is 2. The maximum absolute atomic E-state index is 12.8. The first-order valence-electron chi connectivity index (χ1n) is 9.05. The van der Waals surface area contributed by atoms with Crippen LogP contribution in [0.15, 0.2) is 24.3 Å². The third-order valence-electron chi connectivity index (χ3n) is 5.03. The van der Waals surface area contributed by atoms with Gasteiger partial charge in [0.2, 0.25) is 0 Å². The van der Waals surface area contributed by atoms with Gasteiger partial charge in [0.15, 0.2) is 0 Å². The lowest BCUT2D eigenvalue weighted by Crippen LogP contribution is -2.56. The maximum Gasteiger partial charge on any atom is 0.387 e. The molecular weight excluding hydrogens is 378 g/mol. The van der Waals surface area contributed by atoms with E-state index in [1.54, 1.807) is 22.5 Å². The zero-order valence-electron chi connectivity index (χ0n) is 15.4. The number of ether oxygens (including phenoxy) is 1. The van der Waals surface area contributed by atoms with Crippen molar-refractivity contribution in [2.24, 2.45) is 0 Å². The van der Waals surface area contributed by atoms with E-state index in [9.17, 15) is 17.2 Å². The molecule has 1 aromatic rings. The van der Waals surface area contributed by atoms with Crippen LogP contribution in [0.3, 0.4) is 0 Å². The van der Waals surface area contributed by atoms with E-state index in [1.807, 2.05) is 7.05 Å². The van der Waals surface area contributed by atoms with Gasteiger partial charge in [-0.1, -0.05) is 18.2 Å². The van der Waals surface area contributed by atoms with Crippen LogP contribution in [0.2, 0.25) is 0 Å². The molecule has 2 aliphatic heterocycles. The van der Waals surface area contributed by atoms with Crippen LogP contribution in [0.25, 0.3) is 0 Å². The molecule has 0 unspecified atom stereocenters. The monoisotopic (exact) mass is 404 g/mol. The number of piperazine rings is 2. The number of likely N-dealkylation sites (N-methyl/N-ethyl adjacent to an activating group) is 1. The molecule has 0 saturated carbocycles. The fourth-order valence-electron chi connectivity index (χ4n) is 3.39. The lowest BCUT2D eigenvalue weighted by Gasteiger charge is -2.39. The molecule has 3 rings (SSSR count). The van der Waals surface area contributed by atoms with Gasteiger partial charge in [0.05, 0.1) is 0 Å². The molecule has 1 aromatic carbocycles. The van der Waals surface area contributed by atoms with Gasteiger partial charge in [-0.25, -0.2) is 0 Å². The van der Waals surface area contributed by atoms with Gasteiger partial charge in [-0.2, -0.15) is 25.8 Å². The molecule has 0 radical (unpaired) electrons. The molecule has 2 fully saturated rings. The van der Waals surface area contributed by atoms with Crippen molar-refractivity contribution in [3.05, 3.63) is 29.8 Å². The van der Waals surface area contributed by atoms with Crippen molar-refractivity contribution < 1.29 is 21.9 Å². The summed E-state index contributed by atoms with van der Waals surface area (Å²) in [5.41, 5.74) is 0.674. The van der Waals surface area contributed by atoms with Crippen LogP contribution >= 0.6 is 0 Å². The molecule has 0 amide bonds. The number of hydrogen-bond acceptors (Lipinski definition) is 5. The molecule has 7 nitrogen and oxygen atoms in total. The molecule has 0 spiro atoms. The number of hydrogen-bond donors (Lipinski definition) is 0. The Hall–Kier alpha value is -1.33. The van der Waals surface area contributed by atoms with Crippen LogP contribution < -0.4 is 4.74 Å². The summed E-state index contributed by atoms with van der Waals surface area (Å²) in [6.45, 7) is 1.97. The highest BCUT2D eigenvalue weighted by molar-refractivity contribution is 7.86. The van der Waals surface area contributed by atoms with Crippen molar-refractivity contribution in [3.63, 3.8) is 0 Å². The highest BCUT2D eigenvalue weighted by Gasteiger charge is 2.33. The third-order valence-corrected chi connectivity index (χ3v) is 7.06. The fraction of sp³-hybridized carbons (Fsp3) is 0.647. The van der Waals surface area contributed by atoms with Gasteiger partial charge in [0.25, 0.3) is 10.2 Å². The predicted octanol–water partition coefficient (Wildman–Crippen LogP) is 0.898. The van der Waals surface area contributed by atoms with Gasteiger partial charge in [-0.3, -0.25) is 4.90 Å². The van der Waals surface area contributed by atoms with Gasteiger partial charge in [-0.15, -0.1) is 0 Å². The fourth-order valence-corrected chi connectivity index (χ4v) is 4.96. The number of alkyl halides is 2. The molecule has 2 heterocycles. The van der Waals surface area contributed by atoms with Gasteiger partial charge < -0.3 is 9.64 Å². The van der Waals surface area contributed by atoms with Crippen molar-refractivity contribution in [2.45, 2.75) is 13.2 Å². The van der Waals surface area contributed by atoms with Crippen LogP contribution in [-0.2, 0) is 16.8 Å². The van der Waals surface area contributed by atoms with E-state index in [1.165, 1.54) is 10.4 Å². The Bertz CT molecular complexity index is 719. The van der Waals surface area contributed by atoms with E-state index in [-0.39, 0.29) is 5.75 Å². The van der Waals surface area contributed by atoms with Crippen molar-refractivity contribution >= 4 is 10.2 Å². The number of rotatable bonds is 6. The van der Waals surface area contributed by atoms with Crippen LogP contribution in [0.5, 0.6) is 5.75 Å². The van der Waals surface area contributed by atoms with Gasteiger partial charge in [0.1, 0.15) is 5.75 Å². The summed E-state index contributed by atoms with van der Waals surface area (Å²) in [5.74, 6) is 0.167. The topological polar surface area (TPSA) is 56.3 Å². The van der Waals surface area contributed by atoms with Crippen molar-refractivity contribution in [3.8, 4) is 5.75 Å². The van der Waals surface area contributed by atoms with Crippen LogP contribution in [-0.4, -0.2) is 92.8 Å². The quantitative estimate of drug-likeness (QED) is 0.705. The second-order valence-corrected chi connectivity index (χ2v) is 8.80. The summed E-state index contributed by atoms with van der Waals surface area (Å²) < 4.78 is 58.3. The van der Waals surface area contributed by atoms with Gasteiger partial charge >= 0.3 is 6.61 Å². The van der Waals surface area contributed by atoms with Crippen LogP contribution in [0.1, 0.15) is 5.56 Å². The van der Waals surface area contributed by atoms with E-state index in [2.05, 4.69) is 14.5 Å². The second kappa shape index (κ2) is 8.78. The first-order chi connectivity index (χ1) is 12.9. The molecular formula is C17H26F2N4O3S. The summed E-state index contributed by atoms with van der Waals surface area (Å²) in [4.78, 5) is 4.17. The average molecular weight is 404 g/mol. The Morgan fingerprint density at radius 1 is 0.963 bits per heavy atom. The third kappa shape index (κ3) is 5.14. The van der Waals surface area contributed by atoms with E-state index in [0.717, 1.165) is 13.1 Å². The molecule has 2 saturated heterocycles. The van der Waals surface area contributed by atoms with E-state index in [0.29, 0.717) is 51.4 Å². The standard InChI is InChI=1S/C17H26F2N4O3S/c1-20-6-10-22(11-7-20)27(24,25)23-12-8-21(9-13-23)14-15-4-2-3-5-16(15)26-17(18)19/h2-5,17H,6-14H2,1H3. The number of para-hydroxylation sites is 1. The normalized spacial score (nSPS) is 21.6. The Balaban J connectivity index is 1.56. The molecule has 0 N–H and O–H groups in total. The second-order valence-electron chi connectivity index (χ2n) is 6.87. The summed E-state index contributed by atoms with van der Waals surface area (Å²) in [5, 5.41) is 0. The SMILES string of the molecule is CN1CCN(S(=O)(=O)N2CCN(Cc3ccccc3OC(F)F)CC2)CC1. The Morgan fingerprint density at radius 2 is 1.52 bits per heavy atom. The minimum absolute atomic E-state index is 0.167. The summed E-state index contributed by atoms with van der Waals surface area (Å²) >= 11 is 0. The molecule has 27 heavy (non-hydrogen) atoms. The zero-order valence-corrected chi connectivity index (χ0v) is 16.2. The predicted molar refractivity (Wildman–Crippen MR) is 97.9 cm³/mol. The Labute approximate surface area is 159 Å². The highest BCUT2D eigenvalue weighted by atomic mass is 32.2. The maximum atomic E-state index is 12.8. The summed E-state index contributed by atoms with van der Waals surface area (Å²) in [6, 6.07) is 6.71. The minimum Gasteiger partial charge on any atom is -0.434 e. The molecule has 0 aliphatic carbocycles. The number of nitrogens with zero attached hydrogens (tertiary/aromatic N) is 4. The largest absolute Gasteiger partial charge is 0.434 e. The average Bonchev–Trinajstić information content (AvgIpc) is 2.64. The molecule has 2 aliphatic rings. The lowest BCUT2D eigenvalue weighted by molar-refractivity contribution is -0.0508. The van der Waals surface area contributed by atoms with E-state index < -0.39 is 16.8 Å². The van der Waals surface area contributed by atoms with E-state index >= 15 is 0 Å². The highest BCUT2D eigenvalue weighted by Crippen LogP contribution is 2.23. The molecule has 0 atom stereocenters. The molecule has 0 bridgehead atoms. The van der Waals surface area contributed by atoms with Gasteiger partial charge in [0, 0.05) is 64.5 Å². The van der Waals surface area contributed by atoms with Crippen molar-refractivity contribution in [1.82, 2.24) is 18.4 Å². The minimum atomic E-state index is -3.44. The summed E-state index contributed by atoms with van der Waals surface area (Å²) in [6.07, 6.45) is 0. The van der Waals surface area contributed by atoms with Gasteiger partial charge in [-0.05, 0) is 13.1 Å². The van der Waals surface area contributed by atoms with Crippen molar-refractivity contribution in [1.29, 1.82) is 0 Å². The van der Waals surface area contributed by atoms with Crippen LogP contribution in [0, 0.1) is 0 Å². The van der Waals surface area contributed by atoms with Crippen molar-refractivity contribution in [2.75, 3.05) is 59.4 Å². The smallest absolute Gasteiger partial charge is 0.387 e. The molecule has 152 valence electrons. The first kappa shape index (κ1) is 20.4. The molecule has 10 heteroatoms. The molecule has 0 aromatic heterocycles. The number of benzene rings is 1. The first-order valence-corrected chi connectivity index (χ1v) is 10.4. The lowest BCUT2D eigenvalue weighted by atomic mass is 10.2. The zero-order chi connectivity index (χ0) is 19.4. The Morgan fingerprint density at radius 3 is 2.11 bits per heavy atom. The van der Waals surface area contributed by atoms with Crippen LogP contribution in [0.4, 0.5) is 8.78 Å². The Kier molecular flexibility index (Phi) is 6.64. The van der Waals surface area contributed by atoms with E-state index in [4.69, 9.17) is 0 Å².